The van der Waals surface area contributed by atoms with Gasteiger partial charge in [-0.15, -0.1) is 22.7 Å². The molecule has 0 amide bonds. The van der Waals surface area contributed by atoms with Crippen LogP contribution in [-0.2, 0) is 0 Å². The zero-order valence-electron chi connectivity index (χ0n) is 31.0. The number of benzene rings is 9. The van der Waals surface area contributed by atoms with Crippen molar-refractivity contribution in [1.82, 2.24) is 0 Å². The highest BCUT2D eigenvalue weighted by Gasteiger charge is 2.17. The Balaban J connectivity index is 0.962. The van der Waals surface area contributed by atoms with Gasteiger partial charge < -0.3 is 4.90 Å². The molecule has 2 heterocycles. The maximum Gasteiger partial charge on any atom is 0.0467 e. The molecule has 0 spiro atoms. The molecule has 0 aliphatic heterocycles. The summed E-state index contributed by atoms with van der Waals surface area (Å²) in [6.07, 6.45) is 0. The first-order chi connectivity index (χ1) is 28.2. The molecule has 268 valence electrons. The fourth-order valence-electron chi connectivity index (χ4n) is 8.27. The number of nitrogens with zero attached hydrogens (tertiary/aromatic N) is 1. The Bertz CT molecular complexity index is 3110. The smallest absolute Gasteiger partial charge is 0.0467 e. The van der Waals surface area contributed by atoms with Crippen molar-refractivity contribution in [2.24, 2.45) is 0 Å². The molecular formula is C54H35NS2. The highest BCUT2D eigenvalue weighted by Crippen LogP contribution is 2.47. The van der Waals surface area contributed by atoms with Crippen molar-refractivity contribution in [3.8, 4) is 44.5 Å². The predicted octanol–water partition coefficient (Wildman–Crippen LogP) is 16.6. The average molecular weight is 762 g/mol. The number of rotatable bonds is 7. The second kappa shape index (κ2) is 14.1. The highest BCUT2D eigenvalue weighted by atomic mass is 32.1. The molecule has 57 heavy (non-hydrogen) atoms. The molecule has 0 aliphatic rings. The largest absolute Gasteiger partial charge is 0.310 e. The van der Waals surface area contributed by atoms with Gasteiger partial charge >= 0.3 is 0 Å². The molecule has 0 radical (unpaired) electrons. The van der Waals surface area contributed by atoms with Gasteiger partial charge in [0.05, 0.1) is 0 Å². The molecule has 0 N–H and O–H groups in total. The summed E-state index contributed by atoms with van der Waals surface area (Å²) in [4.78, 5) is 2.36. The maximum absolute atomic E-state index is 2.36. The number of anilines is 3. The topological polar surface area (TPSA) is 3.24 Å². The minimum atomic E-state index is 1.11. The van der Waals surface area contributed by atoms with E-state index in [0.717, 1.165) is 17.1 Å². The van der Waals surface area contributed by atoms with Crippen LogP contribution in [-0.4, -0.2) is 0 Å². The van der Waals surface area contributed by atoms with Gasteiger partial charge in [0.2, 0.25) is 0 Å². The van der Waals surface area contributed by atoms with E-state index in [1.807, 2.05) is 22.7 Å². The van der Waals surface area contributed by atoms with E-state index in [1.54, 1.807) is 0 Å². The molecule has 11 aromatic rings. The van der Waals surface area contributed by atoms with Gasteiger partial charge in [0, 0.05) is 57.4 Å². The van der Waals surface area contributed by atoms with Gasteiger partial charge in [-0.1, -0.05) is 164 Å². The van der Waals surface area contributed by atoms with Crippen LogP contribution in [0.2, 0.25) is 0 Å². The first-order valence-corrected chi connectivity index (χ1v) is 21.0. The van der Waals surface area contributed by atoms with E-state index >= 15 is 0 Å². The van der Waals surface area contributed by atoms with Gasteiger partial charge in [-0.3, -0.25) is 0 Å². The van der Waals surface area contributed by atoms with Crippen LogP contribution in [0.4, 0.5) is 17.1 Å². The van der Waals surface area contributed by atoms with Crippen LogP contribution in [0.25, 0.3) is 84.9 Å². The van der Waals surface area contributed by atoms with Crippen LogP contribution in [0, 0.1) is 0 Å². The van der Waals surface area contributed by atoms with Crippen LogP contribution < -0.4 is 4.90 Å². The first-order valence-electron chi connectivity index (χ1n) is 19.3. The monoisotopic (exact) mass is 761 g/mol. The summed E-state index contributed by atoms with van der Waals surface area (Å²) in [5.74, 6) is 0. The quantitative estimate of drug-likeness (QED) is 0.156. The van der Waals surface area contributed by atoms with Crippen molar-refractivity contribution in [3.05, 3.63) is 212 Å². The summed E-state index contributed by atoms with van der Waals surface area (Å²) in [6, 6.07) is 77.3. The molecule has 0 fully saturated rings. The minimum absolute atomic E-state index is 1.11. The van der Waals surface area contributed by atoms with E-state index in [0.29, 0.717) is 0 Å². The van der Waals surface area contributed by atoms with Crippen molar-refractivity contribution < 1.29 is 0 Å². The van der Waals surface area contributed by atoms with Crippen molar-refractivity contribution in [2.75, 3.05) is 4.90 Å². The Morgan fingerprint density at radius 2 is 0.789 bits per heavy atom. The fourth-order valence-corrected chi connectivity index (χ4v) is 10.8. The normalized spacial score (nSPS) is 11.5. The van der Waals surface area contributed by atoms with Crippen molar-refractivity contribution >= 4 is 80.1 Å². The third kappa shape index (κ3) is 6.00. The Morgan fingerprint density at radius 1 is 0.281 bits per heavy atom. The number of thiophene rings is 2. The molecule has 11 rings (SSSR count). The lowest BCUT2D eigenvalue weighted by molar-refractivity contribution is 1.28. The van der Waals surface area contributed by atoms with Crippen LogP contribution in [0.15, 0.2) is 212 Å². The lowest BCUT2D eigenvalue weighted by Gasteiger charge is -2.26. The number of hydrogen-bond acceptors (Lipinski definition) is 3. The van der Waals surface area contributed by atoms with Crippen molar-refractivity contribution in [1.29, 1.82) is 0 Å². The van der Waals surface area contributed by atoms with E-state index < -0.39 is 0 Å². The van der Waals surface area contributed by atoms with Gasteiger partial charge in [0.25, 0.3) is 0 Å². The van der Waals surface area contributed by atoms with E-state index in [-0.39, 0.29) is 0 Å². The third-order valence-corrected chi connectivity index (χ3v) is 13.5. The predicted molar refractivity (Wildman–Crippen MR) is 249 cm³/mol. The third-order valence-electron chi connectivity index (χ3n) is 11.1. The second-order valence-corrected chi connectivity index (χ2v) is 16.6. The molecule has 0 atom stereocenters. The molecule has 1 nitrogen and oxygen atoms in total. The molecule has 9 aromatic carbocycles. The molecule has 3 heteroatoms. The van der Waals surface area contributed by atoms with Gasteiger partial charge in [0.15, 0.2) is 0 Å². The molecule has 0 saturated carbocycles. The SMILES string of the molecule is c1ccc(-c2ccc(N(c3ccc(-c4ccccc4)cc3)c3cccc(-c4ccc(-c5cccc6c5sc5c6ccc6sc7ccccc7c65)cc4)c3)cc2)cc1. The molecule has 0 saturated heterocycles. The molecule has 0 bridgehead atoms. The number of fused-ring (bicyclic) bond motifs is 7. The highest BCUT2D eigenvalue weighted by molar-refractivity contribution is 7.30. The molecule has 0 unspecified atom stereocenters. The molecule has 2 aromatic heterocycles. The van der Waals surface area contributed by atoms with Crippen molar-refractivity contribution in [3.63, 3.8) is 0 Å². The molecular weight excluding hydrogens is 727 g/mol. The van der Waals surface area contributed by atoms with Crippen molar-refractivity contribution in [2.45, 2.75) is 0 Å². The fraction of sp³-hybridized carbons (Fsp3) is 0. The standard InChI is InChI=1S/C54H35NS2/c1-3-11-36(12-4-1)38-25-29-43(30-26-38)55(44-31-27-39(28-32-44)37-13-5-2-6-14-37)45-16-9-15-42(35-45)40-21-23-41(24-22-40)46-18-10-19-47-48-33-34-51-52(54(48)57-53(46)47)49-17-7-8-20-50(49)56-51/h1-35H. The van der Waals surface area contributed by atoms with Gasteiger partial charge in [0.1, 0.15) is 0 Å². The van der Waals surface area contributed by atoms with E-state index in [4.69, 9.17) is 0 Å². The summed E-state index contributed by atoms with van der Waals surface area (Å²) in [7, 11) is 0. The zero-order chi connectivity index (χ0) is 37.7. The van der Waals surface area contributed by atoms with E-state index in [9.17, 15) is 0 Å². The number of hydrogen-bond donors (Lipinski definition) is 0. The first kappa shape index (κ1) is 33.5. The second-order valence-electron chi connectivity index (χ2n) is 14.5. The minimum Gasteiger partial charge on any atom is -0.310 e. The van der Waals surface area contributed by atoms with E-state index in [2.05, 4.69) is 217 Å². The Morgan fingerprint density at radius 3 is 1.47 bits per heavy atom. The van der Waals surface area contributed by atoms with Crippen LogP contribution >= 0.6 is 22.7 Å². The Labute approximate surface area is 340 Å². The van der Waals surface area contributed by atoms with Gasteiger partial charge in [-0.05, 0) is 93.0 Å². The lowest BCUT2D eigenvalue weighted by atomic mass is 9.98. The van der Waals surface area contributed by atoms with Crippen LogP contribution in [0.3, 0.4) is 0 Å². The Hall–Kier alpha value is -6.78. The summed E-state index contributed by atoms with van der Waals surface area (Å²) in [5, 5.41) is 5.42. The summed E-state index contributed by atoms with van der Waals surface area (Å²) in [5.41, 5.74) is 13.0. The Kier molecular flexibility index (Phi) is 8.28. The molecule has 0 aliphatic carbocycles. The lowest BCUT2D eigenvalue weighted by Crippen LogP contribution is -2.10. The zero-order valence-corrected chi connectivity index (χ0v) is 32.6. The van der Waals surface area contributed by atoms with Gasteiger partial charge in [-0.2, -0.15) is 0 Å². The van der Waals surface area contributed by atoms with Gasteiger partial charge in [-0.25, -0.2) is 0 Å². The summed E-state index contributed by atoms with van der Waals surface area (Å²) >= 11 is 3.82. The van der Waals surface area contributed by atoms with E-state index in [1.165, 1.54) is 84.9 Å². The van der Waals surface area contributed by atoms with Crippen LogP contribution in [0.5, 0.6) is 0 Å². The summed E-state index contributed by atoms with van der Waals surface area (Å²) < 4.78 is 5.43. The summed E-state index contributed by atoms with van der Waals surface area (Å²) in [6.45, 7) is 0. The average Bonchev–Trinajstić information content (AvgIpc) is 3.87. The van der Waals surface area contributed by atoms with Crippen LogP contribution in [0.1, 0.15) is 0 Å². The maximum atomic E-state index is 2.36.